The van der Waals surface area contributed by atoms with E-state index >= 15 is 0 Å². The van der Waals surface area contributed by atoms with Crippen LogP contribution in [0.5, 0.6) is 0 Å². The molecule has 0 saturated heterocycles. The first kappa shape index (κ1) is 17.2. The van der Waals surface area contributed by atoms with Crippen LogP contribution in [-0.2, 0) is 9.53 Å². The zero-order valence-electron chi connectivity index (χ0n) is 13.2. The number of rotatable bonds is 9. The minimum Gasteiger partial charge on any atom is -0.383 e. The summed E-state index contributed by atoms with van der Waals surface area (Å²) in [6.07, 6.45) is 0. The quantitative estimate of drug-likeness (QED) is 0.593. The van der Waals surface area contributed by atoms with Crippen LogP contribution in [0.2, 0.25) is 0 Å². The van der Waals surface area contributed by atoms with Crippen LogP contribution in [0.3, 0.4) is 0 Å². The molecule has 7 nitrogen and oxygen atoms in total. The van der Waals surface area contributed by atoms with Crippen molar-refractivity contribution in [1.29, 1.82) is 0 Å². The Morgan fingerprint density at radius 1 is 1.29 bits per heavy atom. The molecule has 0 unspecified atom stereocenters. The average Bonchev–Trinajstić information content (AvgIpc) is 2.45. The molecule has 0 fully saturated rings. The van der Waals surface area contributed by atoms with Gasteiger partial charge >= 0.3 is 0 Å². The molecule has 0 aromatic carbocycles. The van der Waals surface area contributed by atoms with Gasteiger partial charge in [-0.1, -0.05) is 13.8 Å². The topological polar surface area (TPSA) is 88.2 Å². The second kappa shape index (κ2) is 9.12. The predicted octanol–water partition coefficient (Wildman–Crippen LogP) is 1.21. The molecule has 3 N–H and O–H groups in total. The molecule has 0 atom stereocenters. The average molecular weight is 295 g/mol. The van der Waals surface area contributed by atoms with Crippen molar-refractivity contribution < 1.29 is 9.53 Å². The van der Waals surface area contributed by atoms with Gasteiger partial charge in [-0.15, -0.1) is 0 Å². The van der Waals surface area contributed by atoms with Gasteiger partial charge in [-0.2, -0.15) is 0 Å². The molecule has 1 amide bonds. The van der Waals surface area contributed by atoms with E-state index in [9.17, 15) is 4.79 Å². The highest BCUT2D eigenvalue weighted by Gasteiger charge is 2.08. The molecule has 1 heterocycles. The maximum Gasteiger partial charge on any atom is 0.239 e. The summed E-state index contributed by atoms with van der Waals surface area (Å²) in [6.45, 7) is 8.03. The Morgan fingerprint density at radius 2 is 1.95 bits per heavy atom. The second-order valence-electron chi connectivity index (χ2n) is 4.88. The van der Waals surface area contributed by atoms with Gasteiger partial charge in [0.15, 0.2) is 0 Å². The molecule has 0 spiro atoms. The number of nitrogens with zero attached hydrogens (tertiary/aromatic N) is 2. The van der Waals surface area contributed by atoms with Gasteiger partial charge in [-0.25, -0.2) is 9.97 Å². The third-order valence-electron chi connectivity index (χ3n) is 2.68. The second-order valence-corrected chi connectivity index (χ2v) is 4.88. The summed E-state index contributed by atoms with van der Waals surface area (Å²) in [5.74, 6) is 2.28. The van der Waals surface area contributed by atoms with Gasteiger partial charge in [-0.05, 0) is 6.92 Å². The number of nitrogens with one attached hydrogen (secondary N) is 3. The van der Waals surface area contributed by atoms with Crippen molar-refractivity contribution in [3.63, 3.8) is 0 Å². The van der Waals surface area contributed by atoms with Crippen LogP contribution < -0.4 is 16.0 Å². The van der Waals surface area contributed by atoms with Gasteiger partial charge in [0, 0.05) is 32.2 Å². The molecule has 21 heavy (non-hydrogen) atoms. The number of hydrogen-bond donors (Lipinski definition) is 3. The van der Waals surface area contributed by atoms with Crippen LogP contribution in [0.4, 0.5) is 11.6 Å². The molecule has 0 aliphatic carbocycles. The van der Waals surface area contributed by atoms with E-state index in [1.807, 2.05) is 20.8 Å². The van der Waals surface area contributed by atoms with Gasteiger partial charge < -0.3 is 20.7 Å². The summed E-state index contributed by atoms with van der Waals surface area (Å²) >= 11 is 0. The monoisotopic (exact) mass is 295 g/mol. The van der Waals surface area contributed by atoms with Crippen molar-refractivity contribution >= 4 is 17.5 Å². The lowest BCUT2D eigenvalue weighted by atomic mass is 10.2. The number of amides is 1. The van der Waals surface area contributed by atoms with E-state index in [2.05, 4.69) is 25.9 Å². The zero-order chi connectivity index (χ0) is 15.7. The highest BCUT2D eigenvalue weighted by atomic mass is 16.5. The smallest absolute Gasteiger partial charge is 0.239 e. The number of carbonyl (C=O) groups excluding carboxylic acids is 1. The zero-order valence-corrected chi connectivity index (χ0v) is 13.2. The molecule has 0 saturated carbocycles. The van der Waals surface area contributed by atoms with Crippen LogP contribution >= 0.6 is 0 Å². The molecule has 0 aliphatic heterocycles. The Balaban J connectivity index is 2.62. The van der Waals surface area contributed by atoms with Crippen molar-refractivity contribution in [3.05, 3.63) is 11.9 Å². The SMILES string of the molecule is CCNc1cc(NCC(=O)NCCOC)nc(C(C)C)n1. The summed E-state index contributed by atoms with van der Waals surface area (Å²) in [7, 11) is 1.60. The van der Waals surface area contributed by atoms with Crippen molar-refractivity contribution in [3.8, 4) is 0 Å². The molecule has 1 rings (SSSR count). The minimum atomic E-state index is -0.0956. The highest BCUT2D eigenvalue weighted by Crippen LogP contribution is 2.16. The van der Waals surface area contributed by atoms with E-state index in [-0.39, 0.29) is 18.4 Å². The van der Waals surface area contributed by atoms with E-state index < -0.39 is 0 Å². The lowest BCUT2D eigenvalue weighted by Crippen LogP contribution is -2.32. The van der Waals surface area contributed by atoms with Gasteiger partial charge in [-0.3, -0.25) is 4.79 Å². The Kier molecular flexibility index (Phi) is 7.45. The molecule has 0 bridgehead atoms. The van der Waals surface area contributed by atoms with E-state index in [1.54, 1.807) is 13.2 Å². The Bertz CT molecular complexity index is 451. The van der Waals surface area contributed by atoms with Gasteiger partial charge in [0.05, 0.1) is 13.2 Å². The highest BCUT2D eigenvalue weighted by molar-refractivity contribution is 5.80. The van der Waals surface area contributed by atoms with E-state index in [4.69, 9.17) is 4.74 Å². The summed E-state index contributed by atoms with van der Waals surface area (Å²) in [5, 5.41) is 8.93. The van der Waals surface area contributed by atoms with Gasteiger partial charge in [0.1, 0.15) is 17.5 Å². The van der Waals surface area contributed by atoms with Crippen LogP contribution in [0.25, 0.3) is 0 Å². The van der Waals surface area contributed by atoms with Gasteiger partial charge in [0.25, 0.3) is 0 Å². The standard InChI is InChI=1S/C14H25N5O2/c1-5-15-11-8-12(19-14(18-11)10(2)3)17-9-13(20)16-6-7-21-4/h8,10H,5-7,9H2,1-4H3,(H,16,20)(H2,15,17,18,19). The van der Waals surface area contributed by atoms with Gasteiger partial charge in [0.2, 0.25) is 5.91 Å². The Hall–Kier alpha value is -1.89. The molecule has 7 heteroatoms. The number of carbonyl (C=O) groups is 1. The van der Waals surface area contributed by atoms with Crippen LogP contribution in [-0.4, -0.2) is 49.2 Å². The van der Waals surface area contributed by atoms with Crippen LogP contribution in [0, 0.1) is 0 Å². The maximum absolute atomic E-state index is 11.6. The Morgan fingerprint density at radius 3 is 2.52 bits per heavy atom. The van der Waals surface area contributed by atoms with Crippen molar-refractivity contribution in [2.45, 2.75) is 26.7 Å². The summed E-state index contributed by atoms with van der Waals surface area (Å²) in [4.78, 5) is 20.5. The lowest BCUT2D eigenvalue weighted by molar-refractivity contribution is -0.119. The van der Waals surface area contributed by atoms with Crippen molar-refractivity contribution in [2.24, 2.45) is 0 Å². The fourth-order valence-electron chi connectivity index (χ4n) is 1.61. The summed E-state index contributed by atoms with van der Waals surface area (Å²) < 4.78 is 4.88. The van der Waals surface area contributed by atoms with E-state index in [0.29, 0.717) is 19.0 Å². The van der Waals surface area contributed by atoms with Crippen LogP contribution in [0.15, 0.2) is 6.07 Å². The summed E-state index contributed by atoms with van der Waals surface area (Å²) in [6, 6.07) is 1.80. The van der Waals surface area contributed by atoms with E-state index in [0.717, 1.165) is 18.2 Å². The number of hydrogen-bond acceptors (Lipinski definition) is 6. The first-order valence-corrected chi connectivity index (χ1v) is 7.19. The molecule has 0 aliphatic rings. The molecule has 0 radical (unpaired) electrons. The first-order chi connectivity index (χ1) is 10.1. The number of methoxy groups -OCH3 is 1. The van der Waals surface area contributed by atoms with Crippen LogP contribution in [0.1, 0.15) is 32.5 Å². The largest absolute Gasteiger partial charge is 0.383 e. The molecule has 118 valence electrons. The third-order valence-corrected chi connectivity index (χ3v) is 2.68. The normalized spacial score (nSPS) is 10.5. The number of ether oxygens (including phenoxy) is 1. The third kappa shape index (κ3) is 6.40. The predicted molar refractivity (Wildman–Crippen MR) is 83.7 cm³/mol. The maximum atomic E-state index is 11.6. The van der Waals surface area contributed by atoms with Crippen molar-refractivity contribution in [1.82, 2.24) is 15.3 Å². The fourth-order valence-corrected chi connectivity index (χ4v) is 1.61. The first-order valence-electron chi connectivity index (χ1n) is 7.19. The minimum absolute atomic E-state index is 0.0956. The van der Waals surface area contributed by atoms with E-state index in [1.165, 1.54) is 0 Å². The fraction of sp³-hybridized carbons (Fsp3) is 0.643. The number of anilines is 2. The molecular formula is C14H25N5O2. The summed E-state index contributed by atoms with van der Waals surface area (Å²) in [5.41, 5.74) is 0. The molecular weight excluding hydrogens is 270 g/mol. The number of aromatic nitrogens is 2. The van der Waals surface area contributed by atoms with Crippen molar-refractivity contribution in [2.75, 3.05) is 44.0 Å². The molecule has 1 aromatic heterocycles. The molecule has 1 aromatic rings. The Labute approximate surface area is 125 Å². The lowest BCUT2D eigenvalue weighted by Gasteiger charge is -2.12.